The summed E-state index contributed by atoms with van der Waals surface area (Å²) < 4.78 is 0. The van der Waals surface area contributed by atoms with Gasteiger partial charge in [0.15, 0.2) is 0 Å². The summed E-state index contributed by atoms with van der Waals surface area (Å²) in [6.45, 7) is 6.08. The van der Waals surface area contributed by atoms with Gasteiger partial charge in [0.25, 0.3) is 0 Å². The first-order valence-electron chi connectivity index (χ1n) is 7.46. The van der Waals surface area contributed by atoms with Crippen molar-refractivity contribution in [2.75, 3.05) is 0 Å². The summed E-state index contributed by atoms with van der Waals surface area (Å²) in [5, 5.41) is 0. The van der Waals surface area contributed by atoms with Gasteiger partial charge < -0.3 is 0 Å². The van der Waals surface area contributed by atoms with Crippen LogP contribution in [0.15, 0.2) is 36.9 Å². The molecule has 0 nitrogen and oxygen atoms in total. The Balaban J connectivity index is 2.59. The Hall–Kier alpha value is -0.975. The van der Waals surface area contributed by atoms with Crippen LogP contribution in [-0.4, -0.2) is 7.85 Å². The third-order valence-electron chi connectivity index (χ3n) is 3.75. The number of rotatable bonds is 9. The van der Waals surface area contributed by atoms with E-state index in [9.17, 15) is 0 Å². The molecule has 0 amide bonds. The highest BCUT2D eigenvalue weighted by molar-refractivity contribution is 6.33. The number of hydrogen-bond donors (Lipinski definition) is 0. The molecule has 0 heterocycles. The van der Waals surface area contributed by atoms with Crippen molar-refractivity contribution in [3.8, 4) is 0 Å². The van der Waals surface area contributed by atoms with Crippen molar-refractivity contribution in [1.82, 2.24) is 0 Å². The molecule has 0 saturated heterocycles. The van der Waals surface area contributed by atoms with Gasteiger partial charge in [0.05, 0.1) is 0 Å². The number of unbranched alkanes of at least 4 members (excludes halogenated alkanes) is 3. The molecule has 0 aromatic heterocycles. The van der Waals surface area contributed by atoms with Gasteiger partial charge in [-0.3, -0.25) is 0 Å². The number of allylic oxidation sites excluding steroid dienone is 1. The second-order valence-electron chi connectivity index (χ2n) is 5.27. The summed E-state index contributed by atoms with van der Waals surface area (Å²) in [5.41, 5.74) is 3.03. The van der Waals surface area contributed by atoms with E-state index < -0.39 is 0 Å². The molecule has 0 radical (unpaired) electrons. The molecule has 1 rings (SSSR count). The van der Waals surface area contributed by atoms with Crippen LogP contribution in [0.5, 0.6) is 0 Å². The molecule has 1 aromatic carbocycles. The topological polar surface area (TPSA) is 0 Å². The molecular weight excluding hydrogens is 215 g/mol. The molecule has 0 saturated carbocycles. The van der Waals surface area contributed by atoms with Crippen molar-refractivity contribution in [3.63, 3.8) is 0 Å². The van der Waals surface area contributed by atoms with Gasteiger partial charge in [-0.25, -0.2) is 0 Å². The molecule has 98 valence electrons. The summed E-state index contributed by atoms with van der Waals surface area (Å²) in [6, 6.07) is 8.90. The molecule has 0 bridgehead atoms. The van der Waals surface area contributed by atoms with Crippen LogP contribution < -0.4 is 5.46 Å². The summed E-state index contributed by atoms with van der Waals surface area (Å²) in [4.78, 5) is 0. The van der Waals surface area contributed by atoms with E-state index in [0.29, 0.717) is 0 Å². The fourth-order valence-corrected chi connectivity index (χ4v) is 2.63. The fourth-order valence-electron chi connectivity index (χ4n) is 2.63. The highest BCUT2D eigenvalue weighted by atomic mass is 14.2. The summed E-state index contributed by atoms with van der Waals surface area (Å²) in [5.74, 6) is 0.760. The van der Waals surface area contributed by atoms with Crippen LogP contribution in [-0.2, 0) is 0 Å². The van der Waals surface area contributed by atoms with Crippen LogP contribution in [0.25, 0.3) is 0 Å². The Bertz CT molecular complexity index is 343. The average molecular weight is 242 g/mol. The predicted octanol–water partition coefficient (Wildman–Crippen LogP) is 3.97. The molecule has 18 heavy (non-hydrogen) atoms. The van der Waals surface area contributed by atoms with E-state index in [-0.39, 0.29) is 0 Å². The minimum atomic E-state index is 0.760. The molecule has 0 aliphatic carbocycles. The third-order valence-corrected chi connectivity index (χ3v) is 3.75. The van der Waals surface area contributed by atoms with Crippen molar-refractivity contribution in [1.29, 1.82) is 0 Å². The SMILES string of the molecule is Bc1ccccc1C(CCCC)CCCCC=C. The summed E-state index contributed by atoms with van der Waals surface area (Å²) in [7, 11) is 2.25. The zero-order chi connectivity index (χ0) is 13.2. The van der Waals surface area contributed by atoms with E-state index in [0.717, 1.165) is 12.3 Å². The lowest BCUT2D eigenvalue weighted by Gasteiger charge is -2.19. The van der Waals surface area contributed by atoms with Crippen molar-refractivity contribution in [3.05, 3.63) is 42.5 Å². The van der Waals surface area contributed by atoms with Crippen LogP contribution >= 0.6 is 0 Å². The Morgan fingerprint density at radius 2 is 1.89 bits per heavy atom. The first-order chi connectivity index (χ1) is 8.79. The summed E-state index contributed by atoms with van der Waals surface area (Å²) >= 11 is 0. The van der Waals surface area contributed by atoms with E-state index in [4.69, 9.17) is 0 Å². The van der Waals surface area contributed by atoms with E-state index in [1.54, 1.807) is 5.56 Å². The zero-order valence-corrected chi connectivity index (χ0v) is 12.1. The molecular formula is C17H27B. The van der Waals surface area contributed by atoms with Gasteiger partial charge in [-0.1, -0.05) is 67.6 Å². The lowest BCUT2D eigenvalue weighted by molar-refractivity contribution is 0.521. The molecule has 0 aliphatic rings. The largest absolute Gasteiger partial charge is 0.139 e. The average Bonchev–Trinajstić information content (AvgIpc) is 2.39. The standard InChI is InChI=1S/C17H27B/c1-3-5-7-8-12-15(11-6-4-2)16-13-9-10-14-17(16)18/h3,9-10,13-15H,1,4-8,11-12,18H2,2H3. The Morgan fingerprint density at radius 3 is 2.56 bits per heavy atom. The maximum atomic E-state index is 3.80. The van der Waals surface area contributed by atoms with Crippen LogP contribution in [0.1, 0.15) is 63.4 Å². The highest BCUT2D eigenvalue weighted by Crippen LogP contribution is 2.26. The molecule has 1 heteroatoms. The van der Waals surface area contributed by atoms with Crippen molar-refractivity contribution >= 4 is 13.3 Å². The van der Waals surface area contributed by atoms with E-state index in [1.807, 2.05) is 6.08 Å². The Kier molecular flexibility index (Phi) is 7.56. The monoisotopic (exact) mass is 242 g/mol. The normalized spacial score (nSPS) is 12.3. The van der Waals surface area contributed by atoms with Gasteiger partial charge in [0.2, 0.25) is 0 Å². The fraction of sp³-hybridized carbons (Fsp3) is 0.529. The van der Waals surface area contributed by atoms with Crippen LogP contribution in [0.4, 0.5) is 0 Å². The van der Waals surface area contributed by atoms with Gasteiger partial charge in [0, 0.05) is 0 Å². The zero-order valence-electron chi connectivity index (χ0n) is 12.1. The third kappa shape index (κ3) is 5.12. The maximum absolute atomic E-state index is 3.80. The minimum Gasteiger partial charge on any atom is -0.103 e. The molecule has 0 fully saturated rings. The van der Waals surface area contributed by atoms with E-state index in [2.05, 4.69) is 45.6 Å². The molecule has 0 aliphatic heterocycles. The quantitative estimate of drug-likeness (QED) is 0.349. The second-order valence-corrected chi connectivity index (χ2v) is 5.27. The lowest BCUT2D eigenvalue weighted by atomic mass is 9.80. The molecule has 1 unspecified atom stereocenters. The Labute approximate surface area is 114 Å². The number of hydrogen-bond acceptors (Lipinski definition) is 0. The first kappa shape index (κ1) is 15.1. The molecule has 1 aromatic rings. The number of benzene rings is 1. The van der Waals surface area contributed by atoms with Gasteiger partial charge in [-0.2, -0.15) is 0 Å². The molecule has 0 spiro atoms. The van der Waals surface area contributed by atoms with Gasteiger partial charge in [-0.15, -0.1) is 6.58 Å². The Morgan fingerprint density at radius 1 is 1.17 bits per heavy atom. The maximum Gasteiger partial charge on any atom is 0.139 e. The second kappa shape index (κ2) is 9.02. The smallest absolute Gasteiger partial charge is 0.103 e. The van der Waals surface area contributed by atoms with Gasteiger partial charge in [0.1, 0.15) is 7.85 Å². The molecule has 0 N–H and O–H groups in total. The molecule has 1 atom stereocenters. The van der Waals surface area contributed by atoms with E-state index >= 15 is 0 Å². The van der Waals surface area contributed by atoms with E-state index in [1.165, 1.54) is 44.0 Å². The summed E-state index contributed by atoms with van der Waals surface area (Å²) in [6.07, 6.45) is 11.1. The van der Waals surface area contributed by atoms with Crippen molar-refractivity contribution < 1.29 is 0 Å². The minimum absolute atomic E-state index is 0.760. The highest BCUT2D eigenvalue weighted by Gasteiger charge is 2.12. The van der Waals surface area contributed by atoms with Gasteiger partial charge >= 0.3 is 0 Å². The van der Waals surface area contributed by atoms with Crippen LogP contribution in [0.3, 0.4) is 0 Å². The van der Waals surface area contributed by atoms with Crippen LogP contribution in [0, 0.1) is 0 Å². The van der Waals surface area contributed by atoms with Crippen molar-refractivity contribution in [2.45, 2.75) is 57.8 Å². The lowest BCUT2D eigenvalue weighted by Crippen LogP contribution is -2.14. The van der Waals surface area contributed by atoms with Crippen LogP contribution in [0.2, 0.25) is 0 Å². The predicted molar refractivity (Wildman–Crippen MR) is 85.6 cm³/mol. The first-order valence-corrected chi connectivity index (χ1v) is 7.46. The van der Waals surface area contributed by atoms with Crippen molar-refractivity contribution in [2.24, 2.45) is 0 Å². The van der Waals surface area contributed by atoms with Gasteiger partial charge in [-0.05, 0) is 31.6 Å².